The molecule has 7 nitrogen and oxygen atoms in total. The summed E-state index contributed by atoms with van der Waals surface area (Å²) in [4.78, 5) is 44.4. The number of carbonyl (C=O) groups is 3. The van der Waals surface area contributed by atoms with Crippen LogP contribution in [-0.2, 0) is 0 Å². The van der Waals surface area contributed by atoms with Crippen LogP contribution in [0.5, 0.6) is 0 Å². The summed E-state index contributed by atoms with van der Waals surface area (Å²) in [6.45, 7) is 6.61. The number of ketones is 1. The molecule has 0 unspecified atom stereocenters. The third-order valence-corrected chi connectivity index (χ3v) is 5.54. The summed E-state index contributed by atoms with van der Waals surface area (Å²) in [6, 6.07) is 9.56. The lowest BCUT2D eigenvalue weighted by atomic mass is 10.1. The summed E-state index contributed by atoms with van der Waals surface area (Å²) >= 11 is 1.25. The van der Waals surface area contributed by atoms with Crippen LogP contribution in [0, 0.1) is 20.8 Å². The minimum atomic E-state index is -0.521. The molecule has 144 valence electrons. The fourth-order valence-corrected chi connectivity index (χ4v) is 4.02. The Morgan fingerprint density at radius 3 is 2.25 bits per heavy atom. The van der Waals surface area contributed by atoms with Crippen molar-refractivity contribution in [3.63, 3.8) is 0 Å². The molecule has 8 heteroatoms. The Kier molecular flexibility index (Phi) is 5.41. The summed E-state index contributed by atoms with van der Waals surface area (Å²) in [7, 11) is 0. The average molecular weight is 396 g/mol. The van der Waals surface area contributed by atoms with E-state index in [1.807, 2.05) is 30.3 Å². The van der Waals surface area contributed by atoms with Crippen LogP contribution < -0.4 is 10.9 Å². The van der Waals surface area contributed by atoms with Gasteiger partial charge in [0.25, 0.3) is 11.8 Å². The predicted octanol–water partition coefficient (Wildman–Crippen LogP) is 3.34. The first kappa shape index (κ1) is 19.5. The number of nitrogens with one attached hydrogen (secondary N) is 3. The van der Waals surface area contributed by atoms with Gasteiger partial charge in [0.2, 0.25) is 0 Å². The van der Waals surface area contributed by atoms with Crippen molar-refractivity contribution in [2.24, 2.45) is 0 Å². The van der Waals surface area contributed by atoms with Crippen molar-refractivity contribution in [1.29, 1.82) is 0 Å². The highest BCUT2D eigenvalue weighted by Crippen LogP contribution is 2.27. The quantitative estimate of drug-likeness (QED) is 0.465. The first-order valence-corrected chi connectivity index (χ1v) is 9.45. The molecule has 28 heavy (non-hydrogen) atoms. The second-order valence-corrected chi connectivity index (χ2v) is 7.39. The molecule has 0 atom stereocenters. The topological polar surface area (TPSA) is 104 Å². The van der Waals surface area contributed by atoms with Crippen molar-refractivity contribution in [3.8, 4) is 10.6 Å². The zero-order chi connectivity index (χ0) is 20.4. The number of nitrogens with zero attached hydrogens (tertiary/aromatic N) is 1. The Balaban J connectivity index is 1.73. The molecule has 0 spiro atoms. The molecule has 0 saturated heterocycles. The van der Waals surface area contributed by atoms with Gasteiger partial charge < -0.3 is 4.98 Å². The third-order valence-electron chi connectivity index (χ3n) is 4.33. The van der Waals surface area contributed by atoms with E-state index < -0.39 is 11.8 Å². The van der Waals surface area contributed by atoms with E-state index in [2.05, 4.69) is 20.8 Å². The van der Waals surface area contributed by atoms with E-state index in [4.69, 9.17) is 0 Å². The number of thiazole rings is 1. The van der Waals surface area contributed by atoms with Crippen molar-refractivity contribution in [1.82, 2.24) is 20.8 Å². The Morgan fingerprint density at radius 1 is 1.00 bits per heavy atom. The van der Waals surface area contributed by atoms with Crippen molar-refractivity contribution in [3.05, 3.63) is 63.4 Å². The smallest absolute Gasteiger partial charge is 0.286 e. The third kappa shape index (κ3) is 3.72. The SMILES string of the molecule is CC(=O)c1c(C)[nH]c(C(=O)NNC(=O)c2sc(-c3ccccc3)nc2C)c1C. The molecule has 2 amide bonds. The van der Waals surface area contributed by atoms with E-state index in [0.29, 0.717) is 27.4 Å². The second-order valence-electron chi connectivity index (χ2n) is 6.39. The lowest BCUT2D eigenvalue weighted by Crippen LogP contribution is -2.42. The van der Waals surface area contributed by atoms with Gasteiger partial charge in [-0.1, -0.05) is 30.3 Å². The predicted molar refractivity (Wildman–Crippen MR) is 107 cm³/mol. The molecule has 1 aromatic carbocycles. The molecule has 2 heterocycles. The Labute approximate surface area is 166 Å². The van der Waals surface area contributed by atoms with Gasteiger partial charge in [0.1, 0.15) is 15.6 Å². The minimum absolute atomic E-state index is 0.122. The number of aryl methyl sites for hydroxylation is 2. The van der Waals surface area contributed by atoms with Gasteiger partial charge in [-0.15, -0.1) is 11.3 Å². The van der Waals surface area contributed by atoms with Crippen molar-refractivity contribution >= 4 is 28.9 Å². The van der Waals surface area contributed by atoms with Gasteiger partial charge in [-0.25, -0.2) is 4.98 Å². The van der Waals surface area contributed by atoms with Crippen LogP contribution in [0.2, 0.25) is 0 Å². The number of aromatic nitrogens is 2. The van der Waals surface area contributed by atoms with E-state index in [9.17, 15) is 14.4 Å². The standard InChI is InChI=1S/C20H20N4O3S/c1-10-15(13(4)25)11(2)21-16(10)18(26)23-24-19(27)17-12(3)22-20(28-17)14-8-6-5-7-9-14/h5-9,21H,1-4H3,(H,23,26)(H,24,27). The number of hydrogen-bond acceptors (Lipinski definition) is 5. The number of H-pyrrole nitrogens is 1. The van der Waals surface area contributed by atoms with Crippen LogP contribution in [-0.4, -0.2) is 27.6 Å². The monoisotopic (exact) mass is 396 g/mol. The van der Waals surface area contributed by atoms with Crippen LogP contribution in [0.15, 0.2) is 30.3 Å². The lowest BCUT2D eigenvalue weighted by molar-refractivity contribution is 0.0845. The van der Waals surface area contributed by atoms with Gasteiger partial charge in [-0.3, -0.25) is 25.2 Å². The molecule has 0 radical (unpaired) electrons. The van der Waals surface area contributed by atoms with E-state index in [1.54, 1.807) is 20.8 Å². The van der Waals surface area contributed by atoms with Gasteiger partial charge in [0.05, 0.1) is 5.69 Å². The summed E-state index contributed by atoms with van der Waals surface area (Å²) in [5, 5.41) is 0.733. The molecule has 0 aliphatic heterocycles. The lowest BCUT2D eigenvalue weighted by Gasteiger charge is -2.06. The highest BCUT2D eigenvalue weighted by Gasteiger charge is 2.21. The zero-order valence-corrected chi connectivity index (χ0v) is 16.8. The van der Waals surface area contributed by atoms with Crippen LogP contribution in [0.1, 0.15) is 54.4 Å². The number of benzene rings is 1. The van der Waals surface area contributed by atoms with Crippen molar-refractivity contribution < 1.29 is 14.4 Å². The van der Waals surface area contributed by atoms with Crippen molar-refractivity contribution in [2.75, 3.05) is 0 Å². The molecule has 0 aliphatic rings. The molecular formula is C20H20N4O3S. The van der Waals surface area contributed by atoms with Gasteiger partial charge in [-0.05, 0) is 33.3 Å². The molecule has 3 N–H and O–H groups in total. The van der Waals surface area contributed by atoms with Crippen LogP contribution >= 0.6 is 11.3 Å². The number of carbonyl (C=O) groups excluding carboxylic acids is 3. The number of hydrazine groups is 1. The Hall–Kier alpha value is -3.26. The summed E-state index contributed by atoms with van der Waals surface area (Å²) < 4.78 is 0. The van der Waals surface area contributed by atoms with Gasteiger partial charge in [0, 0.05) is 16.8 Å². The zero-order valence-electron chi connectivity index (χ0n) is 16.0. The van der Waals surface area contributed by atoms with Gasteiger partial charge in [-0.2, -0.15) is 0 Å². The molecule has 0 aliphatic carbocycles. The fraction of sp³-hybridized carbons (Fsp3) is 0.200. The first-order valence-electron chi connectivity index (χ1n) is 8.63. The molecule has 0 fully saturated rings. The van der Waals surface area contributed by atoms with Crippen LogP contribution in [0.4, 0.5) is 0 Å². The fourth-order valence-electron chi connectivity index (χ4n) is 3.05. The van der Waals surface area contributed by atoms with Crippen LogP contribution in [0.3, 0.4) is 0 Å². The normalized spacial score (nSPS) is 10.6. The average Bonchev–Trinajstić information content (AvgIpc) is 3.19. The Bertz CT molecular complexity index is 1070. The largest absolute Gasteiger partial charge is 0.354 e. The molecule has 0 bridgehead atoms. The van der Waals surface area contributed by atoms with E-state index in [1.165, 1.54) is 18.3 Å². The van der Waals surface area contributed by atoms with E-state index in [-0.39, 0.29) is 11.5 Å². The number of amides is 2. The Morgan fingerprint density at radius 2 is 1.64 bits per heavy atom. The van der Waals surface area contributed by atoms with Gasteiger partial charge >= 0.3 is 0 Å². The van der Waals surface area contributed by atoms with E-state index >= 15 is 0 Å². The molecule has 3 aromatic rings. The maximum absolute atomic E-state index is 12.5. The number of rotatable bonds is 4. The van der Waals surface area contributed by atoms with Crippen LogP contribution in [0.25, 0.3) is 10.6 Å². The maximum Gasteiger partial charge on any atom is 0.286 e. The molecule has 2 aromatic heterocycles. The number of aromatic amines is 1. The molecule has 3 rings (SSSR count). The highest BCUT2D eigenvalue weighted by molar-refractivity contribution is 7.17. The minimum Gasteiger partial charge on any atom is -0.354 e. The summed E-state index contributed by atoms with van der Waals surface area (Å²) in [5.74, 6) is -1.09. The second kappa shape index (κ2) is 7.77. The van der Waals surface area contributed by atoms with E-state index in [0.717, 1.165) is 10.6 Å². The van der Waals surface area contributed by atoms with Crippen molar-refractivity contribution in [2.45, 2.75) is 27.7 Å². The summed E-state index contributed by atoms with van der Waals surface area (Å²) in [5.41, 5.74) is 8.22. The highest BCUT2D eigenvalue weighted by atomic mass is 32.1. The summed E-state index contributed by atoms with van der Waals surface area (Å²) in [6.07, 6.45) is 0. The number of hydrogen-bond donors (Lipinski definition) is 3. The molecular weight excluding hydrogens is 376 g/mol. The maximum atomic E-state index is 12.5. The van der Waals surface area contributed by atoms with Gasteiger partial charge in [0.15, 0.2) is 5.78 Å². The number of Topliss-reactive ketones (excluding diaryl/α,β-unsaturated/α-hetero) is 1. The molecule has 0 saturated carbocycles. The first-order chi connectivity index (χ1) is 13.3.